The predicted molar refractivity (Wildman–Crippen MR) is 111 cm³/mol. The van der Waals surface area contributed by atoms with Crippen LogP contribution in [-0.2, 0) is 12.8 Å². The minimum absolute atomic E-state index is 0.0379. The van der Waals surface area contributed by atoms with E-state index in [-0.39, 0.29) is 23.6 Å². The van der Waals surface area contributed by atoms with Crippen LogP contribution in [0.1, 0.15) is 28.4 Å². The van der Waals surface area contributed by atoms with Crippen LogP contribution in [0.4, 0.5) is 4.79 Å². The molecule has 0 unspecified atom stereocenters. The Kier molecular flexibility index (Phi) is 8.02. The van der Waals surface area contributed by atoms with E-state index in [1.54, 1.807) is 25.1 Å². The van der Waals surface area contributed by atoms with Gasteiger partial charge in [0.2, 0.25) is 0 Å². The summed E-state index contributed by atoms with van der Waals surface area (Å²) in [5.41, 5.74) is 2.81. The summed E-state index contributed by atoms with van der Waals surface area (Å²) in [5, 5.41) is 15.2. The fourth-order valence-corrected chi connectivity index (χ4v) is 2.88. The molecule has 150 valence electrons. The molecule has 28 heavy (non-hydrogen) atoms. The minimum Gasteiger partial charge on any atom is -0.508 e. The molecule has 2 aromatic rings. The summed E-state index contributed by atoms with van der Waals surface area (Å²) in [7, 11) is 3.96. The normalized spacial score (nSPS) is 11.9. The van der Waals surface area contributed by atoms with Gasteiger partial charge in [0.05, 0.1) is 0 Å². The van der Waals surface area contributed by atoms with Crippen molar-refractivity contribution in [3.8, 4) is 5.75 Å². The van der Waals surface area contributed by atoms with Crippen LogP contribution in [0, 0.1) is 0 Å². The summed E-state index contributed by atoms with van der Waals surface area (Å²) in [6.07, 6.45) is 1.44. The molecule has 6 nitrogen and oxygen atoms in total. The maximum absolute atomic E-state index is 12.1. The molecular weight excluding hydrogens is 354 g/mol. The van der Waals surface area contributed by atoms with Gasteiger partial charge in [-0.1, -0.05) is 30.3 Å². The number of Topliss-reactive ketones (excluding diaryl/α,β-unsaturated/α-hetero) is 1. The molecule has 1 atom stereocenters. The van der Waals surface area contributed by atoms with Crippen LogP contribution in [0.2, 0.25) is 0 Å². The zero-order valence-electron chi connectivity index (χ0n) is 16.7. The number of amides is 2. The van der Waals surface area contributed by atoms with Crippen molar-refractivity contribution in [3.63, 3.8) is 0 Å². The predicted octanol–water partition coefficient (Wildman–Crippen LogP) is 2.61. The lowest BCUT2D eigenvalue weighted by molar-refractivity contribution is 0.101. The van der Waals surface area contributed by atoms with Crippen molar-refractivity contribution in [1.29, 1.82) is 0 Å². The number of urea groups is 1. The number of phenols is 1. The van der Waals surface area contributed by atoms with Gasteiger partial charge in [0.1, 0.15) is 5.75 Å². The SMILES string of the molecule is CC(=O)c1cccc(CCNC(=O)NC[C@H](Cc2ccc(O)cc2)N(C)C)c1. The molecule has 0 saturated carbocycles. The molecule has 3 N–H and O–H groups in total. The smallest absolute Gasteiger partial charge is 0.314 e. The van der Waals surface area contributed by atoms with Crippen LogP contribution in [0.25, 0.3) is 0 Å². The Morgan fingerprint density at radius 1 is 1.04 bits per heavy atom. The molecule has 0 aromatic heterocycles. The van der Waals surface area contributed by atoms with Crippen LogP contribution in [0.5, 0.6) is 5.75 Å². The van der Waals surface area contributed by atoms with Crippen molar-refractivity contribution in [2.75, 3.05) is 27.2 Å². The Hall–Kier alpha value is -2.86. The van der Waals surface area contributed by atoms with Gasteiger partial charge in [-0.15, -0.1) is 0 Å². The van der Waals surface area contributed by atoms with E-state index >= 15 is 0 Å². The number of hydrogen-bond acceptors (Lipinski definition) is 4. The van der Waals surface area contributed by atoms with Gasteiger partial charge in [-0.25, -0.2) is 4.79 Å². The summed E-state index contributed by atoms with van der Waals surface area (Å²) >= 11 is 0. The van der Waals surface area contributed by atoms with E-state index in [0.717, 1.165) is 17.5 Å². The number of phenolic OH excluding ortho intramolecular Hbond substituents is 1. The minimum atomic E-state index is -0.208. The standard InChI is InChI=1S/C22H29N3O3/c1-16(26)19-6-4-5-17(13-19)11-12-23-22(28)24-15-20(25(2)3)14-18-7-9-21(27)10-8-18/h4-10,13,20,27H,11-12,14-15H2,1-3H3,(H2,23,24,28)/t20-/m0/s1. The Labute approximate surface area is 166 Å². The molecular formula is C22H29N3O3. The van der Waals surface area contributed by atoms with Crippen molar-refractivity contribution in [2.24, 2.45) is 0 Å². The number of ketones is 1. The first-order chi connectivity index (χ1) is 13.3. The quantitative estimate of drug-likeness (QED) is 0.582. The topological polar surface area (TPSA) is 81.7 Å². The molecule has 0 heterocycles. The fourth-order valence-electron chi connectivity index (χ4n) is 2.88. The highest BCUT2D eigenvalue weighted by molar-refractivity contribution is 5.94. The van der Waals surface area contributed by atoms with Crippen LogP contribution in [0.3, 0.4) is 0 Å². The highest BCUT2D eigenvalue weighted by Crippen LogP contribution is 2.12. The molecule has 0 bridgehead atoms. The maximum Gasteiger partial charge on any atom is 0.314 e. The molecule has 2 amide bonds. The molecule has 0 saturated heterocycles. The Bertz CT molecular complexity index is 788. The van der Waals surface area contributed by atoms with Crippen molar-refractivity contribution in [1.82, 2.24) is 15.5 Å². The summed E-state index contributed by atoms with van der Waals surface area (Å²) in [5.74, 6) is 0.285. The Balaban J connectivity index is 1.77. The van der Waals surface area contributed by atoms with Gasteiger partial charge in [-0.3, -0.25) is 4.79 Å². The fraction of sp³-hybridized carbons (Fsp3) is 0.364. The van der Waals surface area contributed by atoms with Gasteiger partial charge in [0, 0.05) is 24.7 Å². The third-order valence-electron chi connectivity index (χ3n) is 4.67. The van der Waals surface area contributed by atoms with E-state index in [1.807, 2.05) is 44.4 Å². The molecule has 0 aliphatic heterocycles. The average Bonchev–Trinajstić information content (AvgIpc) is 2.66. The van der Waals surface area contributed by atoms with Crippen molar-refractivity contribution < 1.29 is 14.7 Å². The lowest BCUT2D eigenvalue weighted by atomic mass is 10.0. The van der Waals surface area contributed by atoms with E-state index in [2.05, 4.69) is 15.5 Å². The number of aromatic hydroxyl groups is 1. The van der Waals surface area contributed by atoms with Gasteiger partial charge in [0.25, 0.3) is 0 Å². The lowest BCUT2D eigenvalue weighted by Gasteiger charge is -2.25. The highest BCUT2D eigenvalue weighted by Gasteiger charge is 2.13. The lowest BCUT2D eigenvalue weighted by Crippen LogP contribution is -2.45. The summed E-state index contributed by atoms with van der Waals surface area (Å²) in [6.45, 7) is 2.56. The van der Waals surface area contributed by atoms with Crippen molar-refractivity contribution in [2.45, 2.75) is 25.8 Å². The van der Waals surface area contributed by atoms with Crippen LogP contribution >= 0.6 is 0 Å². The van der Waals surface area contributed by atoms with E-state index in [0.29, 0.717) is 25.1 Å². The number of nitrogens with zero attached hydrogens (tertiary/aromatic N) is 1. The number of likely N-dealkylation sites (N-methyl/N-ethyl adjacent to an activating group) is 1. The van der Waals surface area contributed by atoms with Gasteiger partial charge < -0.3 is 20.6 Å². The number of carbonyl (C=O) groups excluding carboxylic acids is 2. The highest BCUT2D eigenvalue weighted by atomic mass is 16.3. The second-order valence-electron chi connectivity index (χ2n) is 7.13. The zero-order valence-corrected chi connectivity index (χ0v) is 16.7. The van der Waals surface area contributed by atoms with Crippen molar-refractivity contribution in [3.05, 3.63) is 65.2 Å². The number of nitrogens with one attached hydrogen (secondary N) is 2. The zero-order chi connectivity index (χ0) is 20.5. The molecule has 0 aliphatic carbocycles. The van der Waals surface area contributed by atoms with Gasteiger partial charge in [-0.05, 0) is 63.2 Å². The van der Waals surface area contributed by atoms with Crippen LogP contribution in [-0.4, -0.2) is 55.0 Å². The molecule has 0 radical (unpaired) electrons. The molecule has 0 aliphatic rings. The second kappa shape index (κ2) is 10.5. The first-order valence-electron chi connectivity index (χ1n) is 9.41. The van der Waals surface area contributed by atoms with Gasteiger partial charge in [0.15, 0.2) is 5.78 Å². The summed E-state index contributed by atoms with van der Waals surface area (Å²) in [4.78, 5) is 25.6. The van der Waals surface area contributed by atoms with E-state index < -0.39 is 0 Å². The van der Waals surface area contributed by atoms with E-state index in [1.165, 1.54) is 0 Å². The van der Waals surface area contributed by atoms with E-state index in [4.69, 9.17) is 0 Å². The summed E-state index contributed by atoms with van der Waals surface area (Å²) in [6, 6.07) is 14.5. The Morgan fingerprint density at radius 2 is 1.75 bits per heavy atom. The van der Waals surface area contributed by atoms with Gasteiger partial charge >= 0.3 is 6.03 Å². The largest absolute Gasteiger partial charge is 0.508 e. The molecule has 6 heteroatoms. The molecule has 2 aromatic carbocycles. The number of benzene rings is 2. The third kappa shape index (κ3) is 7.04. The van der Waals surface area contributed by atoms with Crippen LogP contribution < -0.4 is 10.6 Å². The third-order valence-corrected chi connectivity index (χ3v) is 4.67. The molecule has 2 rings (SSSR count). The number of rotatable bonds is 9. The first kappa shape index (κ1) is 21.4. The summed E-state index contributed by atoms with van der Waals surface area (Å²) < 4.78 is 0. The van der Waals surface area contributed by atoms with E-state index in [9.17, 15) is 14.7 Å². The molecule has 0 fully saturated rings. The second-order valence-corrected chi connectivity index (χ2v) is 7.13. The molecule has 0 spiro atoms. The Morgan fingerprint density at radius 3 is 2.39 bits per heavy atom. The van der Waals surface area contributed by atoms with Gasteiger partial charge in [-0.2, -0.15) is 0 Å². The average molecular weight is 383 g/mol. The first-order valence-corrected chi connectivity index (χ1v) is 9.41. The number of hydrogen-bond donors (Lipinski definition) is 3. The van der Waals surface area contributed by atoms with Crippen molar-refractivity contribution >= 4 is 11.8 Å². The number of carbonyl (C=O) groups is 2. The monoisotopic (exact) mass is 383 g/mol. The van der Waals surface area contributed by atoms with Crippen LogP contribution in [0.15, 0.2) is 48.5 Å². The maximum atomic E-state index is 12.1.